The van der Waals surface area contributed by atoms with Gasteiger partial charge in [0, 0.05) is 11.3 Å². The highest BCUT2D eigenvalue weighted by atomic mass is 35.5. The number of hydrogen-bond acceptors (Lipinski definition) is 4. The number of imide groups is 1. The summed E-state index contributed by atoms with van der Waals surface area (Å²) in [4.78, 5) is 41.6. The number of halogens is 1. The fourth-order valence-electron chi connectivity index (χ4n) is 6.70. The molecular weight excluding hydrogens is 450 g/mol. The molecule has 34 heavy (non-hydrogen) atoms. The van der Waals surface area contributed by atoms with Crippen LogP contribution in [0, 0.1) is 11.8 Å². The normalized spacial score (nSPS) is 26.2. The zero-order chi connectivity index (χ0) is 23.8. The van der Waals surface area contributed by atoms with E-state index in [1.807, 2.05) is 24.3 Å². The Hall–Kier alpha value is -3.44. The molecule has 0 spiro atoms. The lowest BCUT2D eigenvalue weighted by Crippen LogP contribution is -2.53. The summed E-state index contributed by atoms with van der Waals surface area (Å²) in [6.45, 7) is 2.09. The Morgan fingerprint density at radius 3 is 2.18 bits per heavy atom. The average molecular weight is 472 g/mol. The Labute approximate surface area is 202 Å². The first-order chi connectivity index (χ1) is 16.5. The van der Waals surface area contributed by atoms with Gasteiger partial charge in [-0.25, -0.2) is 9.69 Å². The zero-order valence-electron chi connectivity index (χ0n) is 18.7. The third-order valence-electron chi connectivity index (χ3n) is 7.97. The van der Waals surface area contributed by atoms with E-state index in [1.165, 1.54) is 24.1 Å². The highest BCUT2D eigenvalue weighted by molar-refractivity contribution is 6.34. The van der Waals surface area contributed by atoms with Crippen molar-refractivity contribution in [3.05, 3.63) is 99.6 Å². The highest BCUT2D eigenvalue weighted by Crippen LogP contribution is 2.65. The maximum absolute atomic E-state index is 14.1. The Kier molecular flexibility index (Phi) is 4.52. The lowest BCUT2D eigenvalue weighted by atomic mass is 9.46. The van der Waals surface area contributed by atoms with Crippen LogP contribution in [0.1, 0.15) is 51.9 Å². The van der Waals surface area contributed by atoms with Gasteiger partial charge in [-0.3, -0.25) is 9.59 Å². The van der Waals surface area contributed by atoms with Crippen LogP contribution in [0.4, 0.5) is 5.69 Å². The summed E-state index contributed by atoms with van der Waals surface area (Å²) in [6, 6.07) is 21.0. The molecule has 1 aliphatic heterocycles. The second-order valence-corrected chi connectivity index (χ2v) is 9.56. The number of anilines is 1. The van der Waals surface area contributed by atoms with Gasteiger partial charge >= 0.3 is 5.97 Å². The predicted octanol–water partition coefficient (Wildman–Crippen LogP) is 5.09. The van der Waals surface area contributed by atoms with Crippen molar-refractivity contribution in [2.45, 2.75) is 24.7 Å². The van der Waals surface area contributed by atoms with Gasteiger partial charge in [0.15, 0.2) is 0 Å². The van der Waals surface area contributed by atoms with Gasteiger partial charge in [0.25, 0.3) is 0 Å². The Bertz CT molecular complexity index is 1350. The molecule has 1 heterocycles. The Morgan fingerprint density at radius 2 is 1.59 bits per heavy atom. The number of nitrogens with zero attached hydrogens (tertiary/aromatic N) is 1. The topological polar surface area (TPSA) is 63.7 Å². The molecule has 3 aromatic carbocycles. The molecule has 0 radical (unpaired) electrons. The number of benzene rings is 3. The summed E-state index contributed by atoms with van der Waals surface area (Å²) < 4.78 is 4.83. The number of hydrogen-bond donors (Lipinski definition) is 0. The van der Waals surface area contributed by atoms with Crippen molar-refractivity contribution < 1.29 is 19.1 Å². The monoisotopic (exact) mass is 471 g/mol. The SMILES string of the molecule is CCC12c3ccccc3C(c3ccccc31)[C@@H]1C(=O)N(c3ccc(Cl)c(C(=O)OC)c3)C(=O)[C@H]12. The molecule has 4 aliphatic rings. The first-order valence-electron chi connectivity index (χ1n) is 11.4. The first-order valence-corrected chi connectivity index (χ1v) is 11.8. The van der Waals surface area contributed by atoms with E-state index in [0.717, 1.165) is 22.3 Å². The summed E-state index contributed by atoms with van der Waals surface area (Å²) in [7, 11) is 1.27. The standard InChI is InChI=1S/C28H22ClNO4/c1-3-28-19-10-6-4-8-16(19)22(17-9-5-7-11-20(17)28)23-24(28)26(32)30(25(23)31)15-12-13-21(29)18(14-15)27(33)34-2/h4-14,22-24H,3H2,1-2H3/t22?,23-,24-,28?/m0/s1. The van der Waals surface area contributed by atoms with E-state index in [2.05, 4.69) is 31.2 Å². The van der Waals surface area contributed by atoms with Gasteiger partial charge in [0.1, 0.15) is 0 Å². The van der Waals surface area contributed by atoms with Crippen molar-refractivity contribution in [2.24, 2.45) is 11.8 Å². The van der Waals surface area contributed by atoms with Gasteiger partial charge in [0.2, 0.25) is 11.8 Å². The Morgan fingerprint density at radius 1 is 0.971 bits per heavy atom. The number of carbonyl (C=O) groups is 3. The number of amides is 2. The second kappa shape index (κ2) is 7.28. The van der Waals surface area contributed by atoms with E-state index in [9.17, 15) is 14.4 Å². The van der Waals surface area contributed by atoms with Crippen molar-refractivity contribution in [2.75, 3.05) is 12.0 Å². The number of ether oxygens (including phenoxy) is 1. The minimum absolute atomic E-state index is 0.122. The fourth-order valence-corrected chi connectivity index (χ4v) is 6.90. The largest absolute Gasteiger partial charge is 0.465 e. The number of esters is 1. The van der Waals surface area contributed by atoms with Crippen LogP contribution in [-0.2, 0) is 19.7 Å². The molecule has 0 unspecified atom stereocenters. The number of rotatable bonds is 3. The van der Waals surface area contributed by atoms with Crippen molar-refractivity contribution in [1.29, 1.82) is 0 Å². The van der Waals surface area contributed by atoms with Gasteiger partial charge in [-0.15, -0.1) is 0 Å². The summed E-state index contributed by atoms with van der Waals surface area (Å²) in [5.41, 5.74) is 4.39. The van der Waals surface area contributed by atoms with E-state index in [4.69, 9.17) is 16.3 Å². The van der Waals surface area contributed by atoms with Gasteiger partial charge < -0.3 is 4.74 Å². The lowest BCUT2D eigenvalue weighted by Gasteiger charge is -2.54. The molecule has 2 amide bonds. The molecule has 7 rings (SSSR count). The van der Waals surface area contributed by atoms with Gasteiger partial charge in [0.05, 0.1) is 35.2 Å². The fraction of sp³-hybridized carbons (Fsp3) is 0.250. The maximum atomic E-state index is 14.1. The number of carbonyl (C=O) groups excluding carboxylic acids is 3. The molecule has 0 saturated carbocycles. The van der Waals surface area contributed by atoms with Crippen molar-refractivity contribution in [1.82, 2.24) is 0 Å². The minimum Gasteiger partial charge on any atom is -0.465 e. The molecule has 170 valence electrons. The van der Waals surface area contributed by atoms with Crippen LogP contribution >= 0.6 is 11.6 Å². The Balaban J connectivity index is 1.58. The summed E-state index contributed by atoms with van der Waals surface area (Å²) in [5.74, 6) is -2.30. The molecule has 1 saturated heterocycles. The van der Waals surface area contributed by atoms with Crippen LogP contribution in [0.3, 0.4) is 0 Å². The van der Waals surface area contributed by atoms with Crippen LogP contribution in [0.2, 0.25) is 5.02 Å². The molecule has 6 heteroatoms. The van der Waals surface area contributed by atoms with Gasteiger partial charge in [-0.2, -0.15) is 0 Å². The van der Waals surface area contributed by atoms with Gasteiger partial charge in [-0.1, -0.05) is 67.1 Å². The molecule has 0 aromatic heterocycles. The molecular formula is C28H22ClNO4. The van der Waals surface area contributed by atoms with Crippen LogP contribution < -0.4 is 4.90 Å². The maximum Gasteiger partial charge on any atom is 0.339 e. The second-order valence-electron chi connectivity index (χ2n) is 9.15. The predicted molar refractivity (Wildman–Crippen MR) is 128 cm³/mol. The van der Waals surface area contributed by atoms with Crippen LogP contribution in [0.25, 0.3) is 0 Å². The van der Waals surface area contributed by atoms with E-state index < -0.39 is 23.2 Å². The molecule has 3 aromatic rings. The quantitative estimate of drug-likeness (QED) is 0.394. The van der Waals surface area contributed by atoms with E-state index in [0.29, 0.717) is 12.1 Å². The lowest BCUT2D eigenvalue weighted by molar-refractivity contribution is -0.123. The summed E-state index contributed by atoms with van der Waals surface area (Å²) in [6.07, 6.45) is 0.690. The average Bonchev–Trinajstić information content (AvgIpc) is 3.14. The van der Waals surface area contributed by atoms with Crippen LogP contribution in [0.5, 0.6) is 0 Å². The van der Waals surface area contributed by atoms with Crippen molar-refractivity contribution in [3.63, 3.8) is 0 Å². The zero-order valence-corrected chi connectivity index (χ0v) is 19.5. The highest BCUT2D eigenvalue weighted by Gasteiger charge is 2.67. The van der Waals surface area contributed by atoms with E-state index in [1.54, 1.807) is 6.07 Å². The molecule has 3 aliphatic carbocycles. The van der Waals surface area contributed by atoms with Crippen molar-refractivity contribution >= 4 is 35.1 Å². The van der Waals surface area contributed by atoms with Crippen LogP contribution in [-0.4, -0.2) is 24.9 Å². The van der Waals surface area contributed by atoms with Crippen LogP contribution in [0.15, 0.2) is 66.7 Å². The van der Waals surface area contributed by atoms with Gasteiger partial charge in [-0.05, 0) is 46.9 Å². The molecule has 2 atom stereocenters. The molecule has 5 nitrogen and oxygen atoms in total. The molecule has 1 fully saturated rings. The summed E-state index contributed by atoms with van der Waals surface area (Å²) in [5, 5.41) is 0.206. The minimum atomic E-state index is -0.617. The van der Waals surface area contributed by atoms with E-state index >= 15 is 0 Å². The summed E-state index contributed by atoms with van der Waals surface area (Å²) >= 11 is 6.20. The van der Waals surface area contributed by atoms with E-state index in [-0.39, 0.29) is 28.3 Å². The first kappa shape index (κ1) is 21.1. The third kappa shape index (κ3) is 2.43. The third-order valence-corrected chi connectivity index (χ3v) is 8.29. The van der Waals surface area contributed by atoms with Crippen molar-refractivity contribution in [3.8, 4) is 0 Å². The molecule has 0 N–H and O–H groups in total. The number of methoxy groups -OCH3 is 1. The molecule has 2 bridgehead atoms. The smallest absolute Gasteiger partial charge is 0.339 e.